The van der Waals surface area contributed by atoms with Gasteiger partial charge in [0.2, 0.25) is 0 Å². The summed E-state index contributed by atoms with van der Waals surface area (Å²) in [7, 11) is 0. The van der Waals surface area contributed by atoms with Crippen LogP contribution in [-0.2, 0) is 11.2 Å². The Morgan fingerprint density at radius 3 is 2.65 bits per heavy atom. The molecule has 1 aliphatic rings. The minimum Gasteiger partial charge on any atom is -0.442 e. The summed E-state index contributed by atoms with van der Waals surface area (Å²) in [5, 5.41) is 0. The predicted octanol–water partition coefficient (Wildman–Crippen LogP) is 4.24. The van der Waals surface area contributed by atoms with Gasteiger partial charge in [-0.05, 0) is 54.2 Å². The number of nitrogens with two attached hydrogens (primary N) is 1. The molecule has 0 spiro atoms. The maximum Gasteiger partial charge on any atom is 0.405 e. The van der Waals surface area contributed by atoms with E-state index in [1.165, 1.54) is 6.07 Å². The van der Waals surface area contributed by atoms with Gasteiger partial charge in [0.1, 0.15) is 6.10 Å². The van der Waals surface area contributed by atoms with Gasteiger partial charge in [0, 0.05) is 5.56 Å². The highest BCUT2D eigenvalue weighted by molar-refractivity contribution is 5.67. The van der Waals surface area contributed by atoms with Gasteiger partial charge >= 0.3 is 6.09 Å². The zero-order valence-corrected chi connectivity index (χ0v) is 12.1. The summed E-state index contributed by atoms with van der Waals surface area (Å²) >= 11 is 0. The van der Waals surface area contributed by atoms with Crippen LogP contribution in [0.5, 0.6) is 0 Å². The number of aryl methyl sites for hydroxylation is 1. The fraction of sp³-hybridized carbons (Fsp3) is 0.235. The molecule has 6 heteroatoms. The number of halogens is 3. The van der Waals surface area contributed by atoms with Crippen molar-refractivity contribution in [1.29, 1.82) is 0 Å². The van der Waals surface area contributed by atoms with Gasteiger partial charge in [0.15, 0.2) is 17.5 Å². The summed E-state index contributed by atoms with van der Waals surface area (Å²) < 4.78 is 45.6. The third-order valence-corrected chi connectivity index (χ3v) is 4.01. The van der Waals surface area contributed by atoms with Crippen molar-refractivity contribution in [1.82, 2.24) is 0 Å². The monoisotopic (exact) mass is 321 g/mol. The highest BCUT2D eigenvalue weighted by Crippen LogP contribution is 2.36. The van der Waals surface area contributed by atoms with Crippen LogP contribution in [0.2, 0.25) is 0 Å². The first kappa shape index (κ1) is 15.4. The van der Waals surface area contributed by atoms with E-state index >= 15 is 0 Å². The number of hydrogen-bond donors (Lipinski definition) is 1. The van der Waals surface area contributed by atoms with Crippen molar-refractivity contribution < 1.29 is 22.7 Å². The zero-order chi connectivity index (χ0) is 16.6. The van der Waals surface area contributed by atoms with Gasteiger partial charge in [-0.1, -0.05) is 12.1 Å². The molecule has 1 aliphatic carbocycles. The number of rotatable bonds is 2. The number of carbonyl (C=O) groups excluding carboxylic acids is 1. The highest BCUT2D eigenvalue weighted by Gasteiger charge is 2.24. The van der Waals surface area contributed by atoms with E-state index in [0.717, 1.165) is 30.0 Å². The summed E-state index contributed by atoms with van der Waals surface area (Å²) in [5.41, 5.74) is 7.11. The number of carbonyl (C=O) groups is 1. The van der Waals surface area contributed by atoms with Crippen LogP contribution < -0.4 is 5.73 Å². The van der Waals surface area contributed by atoms with E-state index in [9.17, 15) is 18.0 Å². The lowest BCUT2D eigenvalue weighted by Gasteiger charge is -2.25. The van der Waals surface area contributed by atoms with Crippen LogP contribution in [0.25, 0.3) is 11.1 Å². The second-order valence-electron chi connectivity index (χ2n) is 5.45. The number of benzene rings is 2. The van der Waals surface area contributed by atoms with Gasteiger partial charge in [-0.3, -0.25) is 0 Å². The largest absolute Gasteiger partial charge is 0.442 e. The molecule has 0 saturated heterocycles. The lowest BCUT2D eigenvalue weighted by molar-refractivity contribution is 0.0959. The molecule has 2 aromatic carbocycles. The molecule has 23 heavy (non-hydrogen) atoms. The highest BCUT2D eigenvalue weighted by atomic mass is 19.2. The van der Waals surface area contributed by atoms with Crippen molar-refractivity contribution >= 4 is 6.09 Å². The second-order valence-corrected chi connectivity index (χ2v) is 5.45. The fourth-order valence-corrected chi connectivity index (χ4v) is 2.93. The molecule has 2 aromatic rings. The molecule has 1 atom stereocenters. The Hall–Kier alpha value is -2.50. The van der Waals surface area contributed by atoms with Crippen LogP contribution >= 0.6 is 0 Å². The third-order valence-electron chi connectivity index (χ3n) is 4.01. The van der Waals surface area contributed by atoms with Crippen molar-refractivity contribution in [2.45, 2.75) is 25.4 Å². The molecule has 0 heterocycles. The van der Waals surface area contributed by atoms with E-state index in [2.05, 4.69) is 0 Å². The zero-order valence-electron chi connectivity index (χ0n) is 12.1. The van der Waals surface area contributed by atoms with Crippen LogP contribution in [0.3, 0.4) is 0 Å². The minimum absolute atomic E-state index is 0.0462. The molecule has 0 aromatic heterocycles. The Morgan fingerprint density at radius 2 is 1.91 bits per heavy atom. The number of fused-ring (bicyclic) bond motifs is 1. The molecular formula is C17H14F3NO2. The Bertz CT molecular complexity index is 777. The molecule has 1 amide bonds. The van der Waals surface area contributed by atoms with Crippen LogP contribution in [-0.4, -0.2) is 6.09 Å². The Kier molecular flexibility index (Phi) is 3.98. The molecule has 3 rings (SSSR count). The van der Waals surface area contributed by atoms with E-state index < -0.39 is 29.6 Å². The summed E-state index contributed by atoms with van der Waals surface area (Å²) in [6.07, 6.45) is 0.856. The summed E-state index contributed by atoms with van der Waals surface area (Å²) in [5.74, 6) is -3.99. The summed E-state index contributed by atoms with van der Waals surface area (Å²) in [6.45, 7) is 0. The van der Waals surface area contributed by atoms with Crippen molar-refractivity contribution in [2.24, 2.45) is 5.73 Å². The van der Waals surface area contributed by atoms with Gasteiger partial charge in [0.25, 0.3) is 0 Å². The molecule has 0 aliphatic heterocycles. The van der Waals surface area contributed by atoms with Crippen LogP contribution in [0.1, 0.15) is 30.1 Å². The fourth-order valence-electron chi connectivity index (χ4n) is 2.93. The Balaban J connectivity index is 2.06. The topological polar surface area (TPSA) is 52.3 Å². The molecule has 1 unspecified atom stereocenters. The quantitative estimate of drug-likeness (QED) is 0.841. The van der Waals surface area contributed by atoms with Crippen molar-refractivity contribution in [2.75, 3.05) is 0 Å². The maximum atomic E-state index is 14.0. The van der Waals surface area contributed by atoms with Gasteiger partial charge in [-0.15, -0.1) is 0 Å². The van der Waals surface area contributed by atoms with Gasteiger partial charge < -0.3 is 10.5 Å². The number of ether oxygens (including phenoxy) is 1. The first-order chi connectivity index (χ1) is 11.0. The lowest BCUT2D eigenvalue weighted by atomic mass is 9.87. The minimum atomic E-state index is -1.51. The van der Waals surface area contributed by atoms with Crippen LogP contribution in [0.15, 0.2) is 30.3 Å². The van der Waals surface area contributed by atoms with Crippen molar-refractivity contribution in [3.05, 3.63) is 58.9 Å². The maximum absolute atomic E-state index is 14.0. The molecule has 0 bridgehead atoms. The molecule has 2 N–H and O–H groups in total. The third kappa shape index (κ3) is 2.88. The van der Waals surface area contributed by atoms with Crippen molar-refractivity contribution in [3.63, 3.8) is 0 Å². The standard InChI is InChI=1S/C17H14F3NO2/c18-13-7-6-11(15(19)16(13)20)10-5-4-9-2-1-3-14(12(9)8-10)23-17(21)22/h4-8,14H,1-3H2,(H2,21,22). The first-order valence-electron chi connectivity index (χ1n) is 7.20. The predicted molar refractivity (Wildman–Crippen MR) is 78.1 cm³/mol. The van der Waals surface area contributed by atoms with Gasteiger partial charge in [-0.25, -0.2) is 18.0 Å². The normalized spacial score (nSPS) is 16.7. The Morgan fingerprint density at radius 1 is 1.13 bits per heavy atom. The van der Waals surface area contributed by atoms with Crippen molar-refractivity contribution in [3.8, 4) is 11.1 Å². The molecule has 0 saturated carbocycles. The van der Waals surface area contributed by atoms with E-state index in [1.54, 1.807) is 18.2 Å². The van der Waals surface area contributed by atoms with Crippen LogP contribution in [0.4, 0.5) is 18.0 Å². The lowest BCUT2D eigenvalue weighted by Crippen LogP contribution is -2.20. The smallest absolute Gasteiger partial charge is 0.405 e. The number of amides is 1. The molecule has 0 fully saturated rings. The Labute approximate surface area is 130 Å². The van der Waals surface area contributed by atoms with E-state index in [1.807, 2.05) is 0 Å². The first-order valence-corrected chi connectivity index (χ1v) is 7.20. The molecule has 3 nitrogen and oxygen atoms in total. The number of hydrogen-bond acceptors (Lipinski definition) is 2. The van der Waals surface area contributed by atoms with Gasteiger partial charge in [-0.2, -0.15) is 0 Å². The van der Waals surface area contributed by atoms with E-state index in [-0.39, 0.29) is 5.56 Å². The number of primary amides is 1. The SMILES string of the molecule is NC(=O)OC1CCCc2ccc(-c3ccc(F)c(F)c3F)cc21. The summed E-state index contributed by atoms with van der Waals surface area (Å²) in [4.78, 5) is 11.0. The average Bonchev–Trinajstić information content (AvgIpc) is 2.52. The van der Waals surface area contributed by atoms with E-state index in [0.29, 0.717) is 12.0 Å². The van der Waals surface area contributed by atoms with Gasteiger partial charge in [0.05, 0.1) is 0 Å². The average molecular weight is 321 g/mol. The summed E-state index contributed by atoms with van der Waals surface area (Å²) in [6, 6.07) is 7.12. The molecule has 0 radical (unpaired) electrons. The second kappa shape index (κ2) is 5.95. The molecular weight excluding hydrogens is 307 g/mol. The van der Waals surface area contributed by atoms with E-state index in [4.69, 9.17) is 10.5 Å². The van der Waals surface area contributed by atoms with Crippen LogP contribution in [0, 0.1) is 17.5 Å². The molecule has 120 valence electrons.